The number of aromatic nitrogens is 1. The lowest BCUT2D eigenvalue weighted by Gasteiger charge is -2.20. The first-order valence-electron chi connectivity index (χ1n) is 6.95. The van der Waals surface area contributed by atoms with E-state index in [9.17, 15) is 4.79 Å². The third kappa shape index (κ3) is 2.49. The van der Waals surface area contributed by atoms with Crippen molar-refractivity contribution in [2.24, 2.45) is 0 Å². The molecule has 3 rings (SSSR count). The number of ether oxygens (including phenoxy) is 2. The number of nitrogens with one attached hydrogen (secondary N) is 2. The first-order valence-corrected chi connectivity index (χ1v) is 6.95. The summed E-state index contributed by atoms with van der Waals surface area (Å²) >= 11 is 0. The molecule has 2 heterocycles. The number of anilines is 1. The highest BCUT2D eigenvalue weighted by Gasteiger charge is 2.34. The summed E-state index contributed by atoms with van der Waals surface area (Å²) < 4.78 is 11.5. The summed E-state index contributed by atoms with van der Waals surface area (Å²) in [5, 5.41) is 11.5. The Morgan fingerprint density at radius 2 is 2.14 bits per heavy atom. The van der Waals surface area contributed by atoms with Crippen LogP contribution in [0.25, 0.3) is 0 Å². The first-order chi connectivity index (χ1) is 10.5. The second-order valence-electron chi connectivity index (χ2n) is 5.22. The number of hydrogen-bond donors (Lipinski definition) is 2. The summed E-state index contributed by atoms with van der Waals surface area (Å²) in [5.41, 5.74) is 1.34. The van der Waals surface area contributed by atoms with Gasteiger partial charge >= 0.3 is 0 Å². The molecule has 2 N–H and O–H groups in total. The van der Waals surface area contributed by atoms with Gasteiger partial charge in [-0.15, -0.1) is 0 Å². The number of carbonyl (C=O) groups excluding carboxylic acids is 1. The quantitative estimate of drug-likeness (QED) is 0.911. The Morgan fingerprint density at radius 3 is 2.82 bits per heavy atom. The van der Waals surface area contributed by atoms with Crippen LogP contribution in [0, 0.1) is 11.3 Å². The SMILES string of the molecule is CC[C@]1(C)Oc2ccc(NC(=O)c3c[nH]c(C#N)c3)cc2O1. The fourth-order valence-corrected chi connectivity index (χ4v) is 2.17. The molecule has 1 amide bonds. The van der Waals surface area contributed by atoms with Gasteiger partial charge in [0.15, 0.2) is 11.5 Å². The molecule has 0 saturated carbocycles. The number of H-pyrrole nitrogens is 1. The Balaban J connectivity index is 1.76. The van der Waals surface area contributed by atoms with E-state index in [1.54, 1.807) is 18.2 Å². The maximum absolute atomic E-state index is 12.1. The number of fused-ring (bicyclic) bond motifs is 1. The van der Waals surface area contributed by atoms with Crippen molar-refractivity contribution in [3.63, 3.8) is 0 Å². The van der Waals surface area contributed by atoms with E-state index in [-0.39, 0.29) is 5.91 Å². The highest BCUT2D eigenvalue weighted by molar-refractivity contribution is 6.04. The minimum absolute atomic E-state index is 0.296. The van der Waals surface area contributed by atoms with Gasteiger partial charge in [-0.2, -0.15) is 5.26 Å². The van der Waals surface area contributed by atoms with Crippen LogP contribution in [-0.4, -0.2) is 16.7 Å². The maximum atomic E-state index is 12.1. The van der Waals surface area contributed by atoms with Crippen molar-refractivity contribution < 1.29 is 14.3 Å². The van der Waals surface area contributed by atoms with Crippen molar-refractivity contribution in [1.82, 2.24) is 4.98 Å². The van der Waals surface area contributed by atoms with E-state index in [4.69, 9.17) is 14.7 Å². The fraction of sp³-hybridized carbons (Fsp3) is 0.250. The van der Waals surface area contributed by atoms with E-state index in [0.29, 0.717) is 34.9 Å². The normalized spacial score (nSPS) is 18.8. The van der Waals surface area contributed by atoms with Crippen LogP contribution in [0.1, 0.15) is 36.3 Å². The van der Waals surface area contributed by atoms with Crippen LogP contribution >= 0.6 is 0 Å². The molecule has 1 aromatic carbocycles. The Hall–Kier alpha value is -2.94. The molecule has 1 aliphatic heterocycles. The van der Waals surface area contributed by atoms with Crippen LogP contribution in [0.15, 0.2) is 30.5 Å². The number of hydrogen-bond acceptors (Lipinski definition) is 4. The summed E-state index contributed by atoms with van der Waals surface area (Å²) in [6.45, 7) is 3.85. The van der Waals surface area contributed by atoms with E-state index in [1.165, 1.54) is 12.3 Å². The molecule has 0 saturated heterocycles. The lowest BCUT2D eigenvalue weighted by atomic mass is 10.2. The highest BCUT2D eigenvalue weighted by atomic mass is 16.7. The van der Waals surface area contributed by atoms with Gasteiger partial charge < -0.3 is 19.8 Å². The molecular weight excluding hydrogens is 282 g/mol. The number of rotatable bonds is 3. The Morgan fingerprint density at radius 1 is 1.36 bits per heavy atom. The molecule has 0 aliphatic carbocycles. The molecule has 1 aliphatic rings. The Labute approximate surface area is 127 Å². The van der Waals surface area contributed by atoms with E-state index >= 15 is 0 Å². The molecular formula is C16H15N3O3. The Kier molecular flexibility index (Phi) is 3.26. The summed E-state index contributed by atoms with van der Waals surface area (Å²) in [6.07, 6.45) is 2.21. The summed E-state index contributed by atoms with van der Waals surface area (Å²) in [5.74, 6) is 0.312. The number of amides is 1. The lowest BCUT2D eigenvalue weighted by molar-refractivity contribution is -0.0640. The number of nitriles is 1. The molecule has 1 atom stereocenters. The summed E-state index contributed by atoms with van der Waals surface area (Å²) in [7, 11) is 0. The van der Waals surface area contributed by atoms with Crippen molar-refractivity contribution in [3.05, 3.63) is 41.7 Å². The van der Waals surface area contributed by atoms with Crippen molar-refractivity contribution in [1.29, 1.82) is 5.26 Å². The van der Waals surface area contributed by atoms with Crippen LogP contribution in [0.3, 0.4) is 0 Å². The summed E-state index contributed by atoms with van der Waals surface area (Å²) in [6, 6.07) is 8.68. The zero-order valence-corrected chi connectivity index (χ0v) is 12.3. The van der Waals surface area contributed by atoms with Gasteiger partial charge in [0.05, 0.1) is 5.56 Å². The average Bonchev–Trinajstić information content (AvgIpc) is 3.10. The molecule has 22 heavy (non-hydrogen) atoms. The molecule has 6 nitrogen and oxygen atoms in total. The van der Waals surface area contributed by atoms with Gasteiger partial charge in [0, 0.05) is 31.3 Å². The van der Waals surface area contributed by atoms with Crippen molar-refractivity contribution in [2.75, 3.05) is 5.32 Å². The van der Waals surface area contributed by atoms with Crippen LogP contribution in [0.2, 0.25) is 0 Å². The molecule has 112 valence electrons. The van der Waals surface area contributed by atoms with Crippen molar-refractivity contribution in [3.8, 4) is 17.6 Å². The van der Waals surface area contributed by atoms with Crippen molar-refractivity contribution in [2.45, 2.75) is 26.1 Å². The standard InChI is InChI=1S/C16H15N3O3/c1-3-16(2)21-13-5-4-11(7-14(13)22-16)19-15(20)10-6-12(8-17)18-9-10/h4-7,9,18H,3H2,1-2H3,(H,19,20)/t16-/m1/s1. The van der Waals surface area contributed by atoms with E-state index < -0.39 is 5.79 Å². The predicted octanol–water partition coefficient (Wildman–Crippen LogP) is 3.04. The van der Waals surface area contributed by atoms with E-state index in [0.717, 1.165) is 0 Å². The lowest BCUT2D eigenvalue weighted by Crippen LogP contribution is -2.33. The molecule has 0 fully saturated rings. The van der Waals surface area contributed by atoms with Gasteiger partial charge in [-0.3, -0.25) is 4.79 Å². The molecule has 0 spiro atoms. The van der Waals surface area contributed by atoms with Gasteiger partial charge in [0.1, 0.15) is 11.8 Å². The minimum atomic E-state index is -0.659. The number of nitrogens with zero attached hydrogens (tertiary/aromatic N) is 1. The van der Waals surface area contributed by atoms with E-state index in [2.05, 4.69) is 10.3 Å². The molecule has 2 aromatic rings. The van der Waals surface area contributed by atoms with Crippen LogP contribution < -0.4 is 14.8 Å². The van der Waals surface area contributed by atoms with Crippen LogP contribution in [-0.2, 0) is 0 Å². The maximum Gasteiger partial charge on any atom is 0.257 e. The first kappa shape index (κ1) is 14.0. The van der Waals surface area contributed by atoms with Gasteiger partial charge in [-0.1, -0.05) is 6.92 Å². The Bertz CT molecular complexity index is 775. The minimum Gasteiger partial charge on any atom is -0.449 e. The van der Waals surface area contributed by atoms with Crippen LogP contribution in [0.5, 0.6) is 11.5 Å². The van der Waals surface area contributed by atoms with Crippen LogP contribution in [0.4, 0.5) is 5.69 Å². The van der Waals surface area contributed by atoms with Gasteiger partial charge in [0.25, 0.3) is 5.91 Å². The second kappa shape index (κ2) is 5.11. The third-order valence-corrected chi connectivity index (χ3v) is 3.56. The summed E-state index contributed by atoms with van der Waals surface area (Å²) in [4.78, 5) is 14.8. The average molecular weight is 297 g/mol. The largest absolute Gasteiger partial charge is 0.449 e. The monoisotopic (exact) mass is 297 g/mol. The smallest absolute Gasteiger partial charge is 0.257 e. The van der Waals surface area contributed by atoms with E-state index in [1.807, 2.05) is 19.9 Å². The molecule has 1 aromatic heterocycles. The fourth-order valence-electron chi connectivity index (χ4n) is 2.17. The number of benzene rings is 1. The molecule has 0 bridgehead atoms. The zero-order chi connectivity index (χ0) is 15.7. The van der Waals surface area contributed by atoms with Gasteiger partial charge in [-0.25, -0.2) is 0 Å². The molecule has 6 heteroatoms. The van der Waals surface area contributed by atoms with Gasteiger partial charge in [-0.05, 0) is 18.2 Å². The number of aromatic amines is 1. The predicted molar refractivity (Wildman–Crippen MR) is 79.9 cm³/mol. The highest BCUT2D eigenvalue weighted by Crippen LogP contribution is 2.42. The topological polar surface area (TPSA) is 87.1 Å². The number of carbonyl (C=O) groups is 1. The van der Waals surface area contributed by atoms with Gasteiger partial charge in [0.2, 0.25) is 5.79 Å². The molecule has 0 radical (unpaired) electrons. The second-order valence-corrected chi connectivity index (χ2v) is 5.22. The molecule has 0 unspecified atom stereocenters. The third-order valence-electron chi connectivity index (χ3n) is 3.56. The zero-order valence-electron chi connectivity index (χ0n) is 12.3. The van der Waals surface area contributed by atoms with Crippen molar-refractivity contribution >= 4 is 11.6 Å².